The van der Waals surface area contributed by atoms with Crippen molar-refractivity contribution in [3.05, 3.63) is 30.3 Å². The van der Waals surface area contributed by atoms with Gasteiger partial charge >= 0.3 is 5.97 Å². The number of para-hydroxylation sites is 1. The van der Waals surface area contributed by atoms with Crippen molar-refractivity contribution < 1.29 is 14.3 Å². The molecule has 1 saturated heterocycles. The van der Waals surface area contributed by atoms with Gasteiger partial charge in [0.05, 0.1) is 0 Å². The molecule has 132 valence electrons. The Kier molecular flexibility index (Phi) is 5.68. The highest BCUT2D eigenvalue weighted by atomic mass is 16.6. The van der Waals surface area contributed by atoms with Crippen LogP contribution in [-0.2, 0) is 14.3 Å². The number of rotatable bonds is 6. The summed E-state index contributed by atoms with van der Waals surface area (Å²) in [6.45, 7) is 10.8. The molecule has 0 aliphatic carbocycles. The van der Waals surface area contributed by atoms with E-state index >= 15 is 0 Å². The largest absolute Gasteiger partial charge is 0.456 e. The van der Waals surface area contributed by atoms with E-state index in [1.54, 1.807) is 0 Å². The van der Waals surface area contributed by atoms with Gasteiger partial charge in [-0.15, -0.1) is 0 Å². The van der Waals surface area contributed by atoms with Crippen LogP contribution in [0.15, 0.2) is 30.3 Å². The van der Waals surface area contributed by atoms with Gasteiger partial charge in [-0.05, 0) is 30.4 Å². The van der Waals surface area contributed by atoms with E-state index in [0.717, 1.165) is 12.1 Å². The summed E-state index contributed by atoms with van der Waals surface area (Å²) in [5.74, 6) is -0.248. The Morgan fingerprint density at radius 1 is 1.12 bits per heavy atom. The minimum Gasteiger partial charge on any atom is -0.456 e. The summed E-state index contributed by atoms with van der Waals surface area (Å²) in [7, 11) is 0. The van der Waals surface area contributed by atoms with Crippen LogP contribution in [0.5, 0.6) is 0 Å². The molecule has 4 nitrogen and oxygen atoms in total. The number of nitrogens with zero attached hydrogens (tertiary/aromatic N) is 1. The molecule has 4 heteroatoms. The maximum atomic E-state index is 13.0. The number of benzene rings is 1. The van der Waals surface area contributed by atoms with E-state index in [4.69, 9.17) is 4.74 Å². The highest BCUT2D eigenvalue weighted by molar-refractivity contribution is 6.08. The van der Waals surface area contributed by atoms with Gasteiger partial charge in [-0.1, -0.05) is 52.8 Å². The summed E-state index contributed by atoms with van der Waals surface area (Å²) in [6, 6.07) is 8.80. The molecule has 1 heterocycles. The quantitative estimate of drug-likeness (QED) is 0.587. The second-order valence-electron chi connectivity index (χ2n) is 7.26. The highest BCUT2D eigenvalue weighted by Gasteiger charge is 2.52. The molecule has 0 N–H and O–H groups in total. The third-order valence-electron chi connectivity index (χ3n) is 5.09. The van der Waals surface area contributed by atoms with Gasteiger partial charge in [0, 0.05) is 18.7 Å². The zero-order valence-electron chi connectivity index (χ0n) is 15.4. The molecule has 0 amide bonds. The van der Waals surface area contributed by atoms with E-state index in [-0.39, 0.29) is 24.0 Å². The minimum atomic E-state index is -0.835. The summed E-state index contributed by atoms with van der Waals surface area (Å²) < 4.78 is 5.93. The lowest BCUT2D eigenvalue weighted by Crippen LogP contribution is -2.60. The fourth-order valence-corrected chi connectivity index (χ4v) is 3.66. The predicted octanol–water partition coefficient (Wildman–Crippen LogP) is 3.84. The van der Waals surface area contributed by atoms with Gasteiger partial charge in [0.25, 0.3) is 0 Å². The summed E-state index contributed by atoms with van der Waals surface area (Å²) >= 11 is 0. The van der Waals surface area contributed by atoms with Crippen molar-refractivity contribution in [2.24, 2.45) is 11.8 Å². The van der Waals surface area contributed by atoms with Gasteiger partial charge in [0.15, 0.2) is 11.8 Å². The van der Waals surface area contributed by atoms with Crippen LogP contribution in [0.2, 0.25) is 0 Å². The maximum absolute atomic E-state index is 13.0. The minimum absolute atomic E-state index is 0.0362. The van der Waals surface area contributed by atoms with Crippen LogP contribution < -0.4 is 4.90 Å². The Morgan fingerprint density at radius 2 is 1.71 bits per heavy atom. The molecule has 1 unspecified atom stereocenters. The average Bonchev–Trinajstić information content (AvgIpc) is 2.53. The summed E-state index contributed by atoms with van der Waals surface area (Å²) in [6.07, 6.45) is 1.14. The molecule has 1 aromatic carbocycles. The van der Waals surface area contributed by atoms with Crippen molar-refractivity contribution >= 4 is 17.4 Å². The molecule has 1 atom stereocenters. The SMILES string of the molecule is CCCN(c1ccccc1)C1C(=O)CC(C(C)C)(C(C)C)OC1=O. The number of hydrogen-bond acceptors (Lipinski definition) is 4. The molecule has 1 aromatic rings. The van der Waals surface area contributed by atoms with Gasteiger partial charge in [-0.3, -0.25) is 4.79 Å². The van der Waals surface area contributed by atoms with Gasteiger partial charge in [0.1, 0.15) is 5.60 Å². The van der Waals surface area contributed by atoms with E-state index in [9.17, 15) is 9.59 Å². The number of ether oxygens (including phenoxy) is 1. The van der Waals surface area contributed by atoms with Gasteiger partial charge < -0.3 is 9.64 Å². The van der Waals surface area contributed by atoms with Gasteiger partial charge in [-0.25, -0.2) is 4.79 Å². The van der Waals surface area contributed by atoms with Crippen molar-refractivity contribution in [1.82, 2.24) is 0 Å². The number of Topliss-reactive ketones (excluding diaryl/α,β-unsaturated/α-hetero) is 1. The fourth-order valence-electron chi connectivity index (χ4n) is 3.66. The molecule has 0 bridgehead atoms. The fraction of sp³-hybridized carbons (Fsp3) is 0.600. The molecule has 0 radical (unpaired) electrons. The summed E-state index contributed by atoms with van der Waals surface area (Å²) in [5, 5.41) is 0. The third kappa shape index (κ3) is 3.33. The van der Waals surface area contributed by atoms with Crippen LogP contribution in [0.1, 0.15) is 47.5 Å². The number of cyclic esters (lactones) is 1. The van der Waals surface area contributed by atoms with Crippen LogP contribution in [0.4, 0.5) is 5.69 Å². The lowest BCUT2D eigenvalue weighted by atomic mass is 9.74. The van der Waals surface area contributed by atoms with Crippen molar-refractivity contribution in [2.75, 3.05) is 11.4 Å². The topological polar surface area (TPSA) is 46.6 Å². The van der Waals surface area contributed by atoms with Crippen molar-refractivity contribution in [3.8, 4) is 0 Å². The van der Waals surface area contributed by atoms with Gasteiger partial charge in [-0.2, -0.15) is 0 Å². The molecule has 24 heavy (non-hydrogen) atoms. The Balaban J connectivity index is 2.35. The first-order valence-corrected chi connectivity index (χ1v) is 8.90. The monoisotopic (exact) mass is 331 g/mol. The molecule has 2 rings (SSSR count). The first-order valence-electron chi connectivity index (χ1n) is 8.90. The van der Waals surface area contributed by atoms with Crippen LogP contribution in [-0.4, -0.2) is 29.9 Å². The lowest BCUT2D eigenvalue weighted by Gasteiger charge is -2.46. The lowest BCUT2D eigenvalue weighted by molar-refractivity contribution is -0.185. The number of esters is 1. The molecule has 1 aliphatic heterocycles. The van der Waals surface area contributed by atoms with Crippen LogP contribution in [0.3, 0.4) is 0 Å². The van der Waals surface area contributed by atoms with Crippen molar-refractivity contribution in [1.29, 1.82) is 0 Å². The molecule has 1 fully saturated rings. The number of hydrogen-bond donors (Lipinski definition) is 0. The number of anilines is 1. The molecule has 0 spiro atoms. The third-order valence-corrected chi connectivity index (χ3v) is 5.09. The number of carbonyl (C=O) groups is 2. The van der Waals surface area contributed by atoms with E-state index in [1.807, 2.05) is 69.9 Å². The molecule has 0 saturated carbocycles. The Hall–Kier alpha value is -1.84. The summed E-state index contributed by atoms with van der Waals surface area (Å²) in [5.41, 5.74) is 0.190. The Morgan fingerprint density at radius 3 is 2.17 bits per heavy atom. The molecule has 1 aliphatic rings. The van der Waals surface area contributed by atoms with E-state index in [1.165, 1.54) is 0 Å². The first kappa shape index (κ1) is 18.5. The van der Waals surface area contributed by atoms with Crippen LogP contribution in [0.25, 0.3) is 0 Å². The second-order valence-corrected chi connectivity index (χ2v) is 7.26. The zero-order valence-corrected chi connectivity index (χ0v) is 15.4. The summed E-state index contributed by atoms with van der Waals surface area (Å²) in [4.78, 5) is 27.7. The number of carbonyl (C=O) groups excluding carboxylic acids is 2. The second kappa shape index (κ2) is 7.37. The van der Waals surface area contributed by atoms with E-state index in [2.05, 4.69) is 0 Å². The van der Waals surface area contributed by atoms with Crippen molar-refractivity contribution in [3.63, 3.8) is 0 Å². The van der Waals surface area contributed by atoms with Crippen LogP contribution >= 0.6 is 0 Å². The maximum Gasteiger partial charge on any atom is 0.337 e. The molecular formula is C20H29NO3. The Bertz CT molecular complexity index is 552. The standard InChI is InChI=1S/C20H29NO3/c1-6-12-21(16-10-8-7-9-11-16)18-17(22)13-20(14(2)3,15(4)5)24-19(18)23/h7-11,14-15,18H,6,12-13H2,1-5H3. The normalized spacial score (nSPS) is 20.4. The van der Waals surface area contributed by atoms with E-state index in [0.29, 0.717) is 6.54 Å². The van der Waals surface area contributed by atoms with Crippen LogP contribution in [0, 0.1) is 11.8 Å². The van der Waals surface area contributed by atoms with E-state index < -0.39 is 17.6 Å². The zero-order chi connectivity index (χ0) is 17.9. The predicted molar refractivity (Wildman–Crippen MR) is 96.0 cm³/mol. The smallest absolute Gasteiger partial charge is 0.337 e. The number of ketones is 1. The van der Waals surface area contributed by atoms with Crippen molar-refractivity contribution in [2.45, 2.75) is 59.1 Å². The Labute approximate surface area is 145 Å². The molecular weight excluding hydrogens is 302 g/mol. The highest BCUT2D eigenvalue weighted by Crippen LogP contribution is 2.39. The molecule has 0 aromatic heterocycles. The average molecular weight is 331 g/mol. The van der Waals surface area contributed by atoms with Gasteiger partial charge in [0.2, 0.25) is 0 Å². The first-order chi connectivity index (χ1) is 11.3.